The predicted molar refractivity (Wildman–Crippen MR) is 224 cm³/mol. The van der Waals surface area contributed by atoms with Crippen LogP contribution in [0.4, 0.5) is 17.1 Å². The van der Waals surface area contributed by atoms with E-state index in [-0.39, 0.29) is 16.2 Å². The van der Waals surface area contributed by atoms with Gasteiger partial charge in [0.2, 0.25) is 0 Å². The van der Waals surface area contributed by atoms with Crippen molar-refractivity contribution in [2.45, 2.75) is 16.2 Å². The van der Waals surface area contributed by atoms with Crippen LogP contribution in [-0.2, 0) is 16.2 Å². The van der Waals surface area contributed by atoms with Crippen LogP contribution in [0, 0.1) is 0 Å². The van der Waals surface area contributed by atoms with E-state index in [1.165, 1.54) is 98.6 Å². The van der Waals surface area contributed by atoms with Crippen LogP contribution in [0.1, 0.15) is 33.4 Å². The Morgan fingerprint density at radius 3 is 1.37 bits per heavy atom. The van der Waals surface area contributed by atoms with Crippen LogP contribution in [0.5, 0.6) is 0 Å². The molecule has 3 unspecified atom stereocenters. The van der Waals surface area contributed by atoms with Crippen LogP contribution < -0.4 is 4.90 Å². The molecule has 248 valence electrons. The van der Waals surface area contributed by atoms with E-state index >= 15 is 0 Å². The lowest BCUT2D eigenvalue weighted by atomic mass is 9.76. The van der Waals surface area contributed by atoms with Gasteiger partial charge < -0.3 is 4.90 Å². The molecule has 0 radical (unpaired) electrons. The van der Waals surface area contributed by atoms with E-state index in [0.717, 1.165) is 5.69 Å². The molecule has 0 aromatic heterocycles. The molecule has 54 heavy (non-hydrogen) atoms. The highest BCUT2D eigenvalue weighted by atomic mass is 15.1. The molecule has 14 rings (SSSR count). The SMILES string of the molecule is c1ccc2cc(N(c3cccc4ccccc34)c3ccc4c5c(cccc35)C35c6cccc7cccc(c67)C36c3cccc7cccc(c37)C465)ccc2c1. The lowest BCUT2D eigenvalue weighted by Gasteiger charge is -2.30. The summed E-state index contributed by atoms with van der Waals surface area (Å²) in [5.74, 6) is 0. The Hall–Kier alpha value is -6.70. The van der Waals surface area contributed by atoms with E-state index in [9.17, 15) is 0 Å². The van der Waals surface area contributed by atoms with Gasteiger partial charge in [-0.3, -0.25) is 0 Å². The molecule has 3 spiro atoms. The summed E-state index contributed by atoms with van der Waals surface area (Å²) in [6.45, 7) is 0. The van der Waals surface area contributed by atoms with Crippen molar-refractivity contribution in [2.24, 2.45) is 0 Å². The topological polar surface area (TPSA) is 3.24 Å². The quantitative estimate of drug-likeness (QED) is 0.179. The smallest absolute Gasteiger partial charge is 0.0540 e. The molecule has 10 aromatic rings. The third kappa shape index (κ3) is 2.68. The van der Waals surface area contributed by atoms with Crippen LogP contribution in [0.25, 0.3) is 53.9 Å². The van der Waals surface area contributed by atoms with E-state index in [2.05, 4.69) is 193 Å². The van der Waals surface area contributed by atoms with Gasteiger partial charge in [-0.1, -0.05) is 164 Å². The Labute approximate surface area is 312 Å². The van der Waals surface area contributed by atoms with E-state index in [1.807, 2.05) is 0 Å². The number of anilines is 3. The van der Waals surface area contributed by atoms with Crippen LogP contribution in [0.15, 0.2) is 188 Å². The molecule has 4 aliphatic carbocycles. The van der Waals surface area contributed by atoms with Gasteiger partial charge in [-0.25, -0.2) is 0 Å². The normalized spacial score (nSPS) is 21.9. The zero-order valence-corrected chi connectivity index (χ0v) is 29.3. The first-order chi connectivity index (χ1) is 26.8. The first-order valence-corrected chi connectivity index (χ1v) is 19.2. The minimum absolute atomic E-state index is 0.192. The van der Waals surface area contributed by atoms with Gasteiger partial charge in [-0.15, -0.1) is 0 Å². The minimum atomic E-state index is -0.223. The van der Waals surface area contributed by atoms with Gasteiger partial charge in [-0.2, -0.15) is 0 Å². The van der Waals surface area contributed by atoms with E-state index in [4.69, 9.17) is 0 Å². The zero-order chi connectivity index (χ0) is 35.0. The summed E-state index contributed by atoms with van der Waals surface area (Å²) in [6.07, 6.45) is 0. The summed E-state index contributed by atoms with van der Waals surface area (Å²) < 4.78 is 0. The maximum Gasteiger partial charge on any atom is 0.0540 e. The maximum absolute atomic E-state index is 2.53. The van der Waals surface area contributed by atoms with Gasteiger partial charge in [-0.05, 0) is 101 Å². The van der Waals surface area contributed by atoms with Crippen LogP contribution in [0.3, 0.4) is 0 Å². The molecule has 0 N–H and O–H groups in total. The number of benzene rings is 10. The van der Waals surface area contributed by atoms with Crippen molar-refractivity contribution in [2.75, 3.05) is 4.90 Å². The predicted octanol–water partition coefficient (Wildman–Crippen LogP) is 13.1. The lowest BCUT2D eigenvalue weighted by molar-refractivity contribution is 0.735. The fourth-order valence-corrected chi connectivity index (χ4v) is 12.7. The molecule has 4 aliphatic rings. The van der Waals surface area contributed by atoms with Crippen LogP contribution in [0.2, 0.25) is 0 Å². The number of hydrogen-bond acceptors (Lipinski definition) is 1. The molecule has 10 aromatic carbocycles. The summed E-state index contributed by atoms with van der Waals surface area (Å²) in [4.78, 5) is 2.53. The molecule has 1 saturated carbocycles. The number of nitrogens with zero attached hydrogens (tertiary/aromatic N) is 1. The van der Waals surface area contributed by atoms with Crippen molar-refractivity contribution >= 4 is 70.9 Å². The third-order valence-corrected chi connectivity index (χ3v) is 14.1. The highest BCUT2D eigenvalue weighted by Crippen LogP contribution is 2.95. The summed E-state index contributed by atoms with van der Waals surface area (Å²) in [5.41, 5.74) is 11.9. The summed E-state index contributed by atoms with van der Waals surface area (Å²) in [5, 5.41) is 13.3. The molecular formula is C53H31N. The molecule has 0 aliphatic heterocycles. The highest BCUT2D eigenvalue weighted by molar-refractivity contribution is 6.19. The molecule has 0 bridgehead atoms. The Balaban J connectivity index is 1.13. The highest BCUT2D eigenvalue weighted by Gasteiger charge is 2.96. The Bertz CT molecular complexity index is 3250. The molecule has 0 amide bonds. The van der Waals surface area contributed by atoms with Gasteiger partial charge >= 0.3 is 0 Å². The second-order valence-electron chi connectivity index (χ2n) is 15.9. The standard InChI is InChI=1S/C53H31N/c1-2-13-36-31-37(28-27-32(36)11-1)54(46-26-9-14-33-12-3-4-19-38(33)46)47-30-29-45-50-39(47)20-10-25-44(50)52-42-23-7-17-34-15-5-21-40(48(34)42)51(52)41-22-6-16-35-18-8-24-43(49(35)41)53(45,51)52/h1-31H. The van der Waals surface area contributed by atoms with E-state index in [1.54, 1.807) is 0 Å². The second-order valence-corrected chi connectivity index (χ2v) is 15.9. The van der Waals surface area contributed by atoms with Gasteiger partial charge in [0.25, 0.3) is 0 Å². The van der Waals surface area contributed by atoms with Crippen molar-refractivity contribution in [1.29, 1.82) is 0 Å². The van der Waals surface area contributed by atoms with E-state index < -0.39 is 0 Å². The average Bonchev–Trinajstić information content (AvgIpc) is 3.36. The first kappa shape index (κ1) is 27.9. The first-order valence-electron chi connectivity index (χ1n) is 19.2. The molecule has 0 saturated heterocycles. The van der Waals surface area contributed by atoms with Crippen LogP contribution in [-0.4, -0.2) is 0 Å². The second kappa shape index (κ2) is 9.08. The Morgan fingerprint density at radius 2 is 0.722 bits per heavy atom. The minimum Gasteiger partial charge on any atom is -0.309 e. The molecule has 1 nitrogen and oxygen atoms in total. The van der Waals surface area contributed by atoms with Crippen molar-refractivity contribution in [1.82, 2.24) is 0 Å². The number of fused-ring (bicyclic) bond motifs is 2. The van der Waals surface area contributed by atoms with Crippen molar-refractivity contribution < 1.29 is 0 Å². The molecule has 3 atom stereocenters. The Morgan fingerprint density at radius 1 is 0.278 bits per heavy atom. The monoisotopic (exact) mass is 681 g/mol. The number of hydrogen-bond donors (Lipinski definition) is 0. The van der Waals surface area contributed by atoms with E-state index in [0.29, 0.717) is 0 Å². The fourth-order valence-electron chi connectivity index (χ4n) is 12.7. The summed E-state index contributed by atoms with van der Waals surface area (Å²) >= 11 is 0. The van der Waals surface area contributed by atoms with Gasteiger partial charge in [0.05, 0.1) is 27.6 Å². The Kier molecular flexibility index (Phi) is 4.69. The lowest BCUT2D eigenvalue weighted by Crippen LogP contribution is -2.21. The largest absolute Gasteiger partial charge is 0.309 e. The zero-order valence-electron chi connectivity index (χ0n) is 29.3. The third-order valence-electron chi connectivity index (χ3n) is 14.1. The van der Waals surface area contributed by atoms with Crippen molar-refractivity contribution in [3.05, 3.63) is 221 Å². The summed E-state index contributed by atoms with van der Waals surface area (Å²) in [6, 6.07) is 71.7. The van der Waals surface area contributed by atoms with Crippen molar-refractivity contribution in [3.63, 3.8) is 0 Å². The molecule has 1 fully saturated rings. The van der Waals surface area contributed by atoms with Crippen LogP contribution >= 0.6 is 0 Å². The fraction of sp³-hybridized carbons (Fsp3) is 0.0566. The molecule has 0 heterocycles. The maximum atomic E-state index is 2.53. The molecule has 1 heteroatoms. The summed E-state index contributed by atoms with van der Waals surface area (Å²) in [7, 11) is 0. The van der Waals surface area contributed by atoms with Gasteiger partial charge in [0.1, 0.15) is 0 Å². The average molecular weight is 682 g/mol. The van der Waals surface area contributed by atoms with Crippen molar-refractivity contribution in [3.8, 4) is 0 Å². The van der Waals surface area contributed by atoms with Gasteiger partial charge in [0.15, 0.2) is 0 Å². The number of rotatable bonds is 3. The van der Waals surface area contributed by atoms with Gasteiger partial charge in [0, 0.05) is 16.5 Å². The molecular weight excluding hydrogens is 651 g/mol.